The van der Waals surface area contributed by atoms with Gasteiger partial charge in [-0.1, -0.05) is 48.5 Å². The first-order valence-electron chi connectivity index (χ1n) is 26.7. The molecule has 0 spiro atoms. The molecular formula is C61H68N14O9S2. The molecule has 448 valence electrons. The van der Waals surface area contributed by atoms with Crippen LogP contribution in [0.3, 0.4) is 0 Å². The quantitative estimate of drug-likeness (QED) is 0.0205. The van der Waals surface area contributed by atoms with Gasteiger partial charge in [-0.25, -0.2) is 34.4 Å². The highest BCUT2D eigenvalue weighted by atomic mass is 32.1. The number of nitrogens with one attached hydrogen (secondary N) is 1. The summed E-state index contributed by atoms with van der Waals surface area (Å²) in [6.45, 7) is 27.9. The number of esters is 2. The van der Waals surface area contributed by atoms with Crippen LogP contribution in [0.4, 0.5) is 27.8 Å². The van der Waals surface area contributed by atoms with Gasteiger partial charge in [-0.05, 0) is 124 Å². The van der Waals surface area contributed by atoms with Gasteiger partial charge in [-0.15, -0.1) is 22.7 Å². The van der Waals surface area contributed by atoms with Crippen molar-refractivity contribution in [1.82, 2.24) is 35.2 Å². The molecular weight excluding hydrogens is 1140 g/mol. The van der Waals surface area contributed by atoms with Crippen molar-refractivity contribution in [2.45, 2.75) is 79.0 Å². The number of likely N-dealkylation sites (N-methyl/N-ethyl adjacent to an activating group) is 2. The van der Waals surface area contributed by atoms with Gasteiger partial charge in [0.15, 0.2) is 0 Å². The standard InChI is InChI=1S/C31H33N7O5S.C18H21N3O3S.C12H14N4O/c1-31(2,3)43-28(39)24(33-4)17-27-36-23-11-10-22(16-25(23)44-27)38(5)14-15-41-30(40)35-18-20-6-8-21(9-7-20)19-42-29-34-13-12-26(32)37-29;1-18(2,3)24-17(23)14(19-4)11-16-20-13-7-6-12(10-15(13)25-16)21(5)8-9-22;13-7-9-1-3-10(4-2-9)8-17-12-15-6-5-11(14)16-12/h6-13,16-17H,14-15,18-19H2,1-3,5H3,(H,35,40)(H2,32,34,37);6-7,10-11,22H,8-9H2,1-3,5H3;1-6H,7-8,13H2,(H2,14,15,16)/b24-17-;14-11-;. The van der Waals surface area contributed by atoms with Crippen molar-refractivity contribution in [2.24, 2.45) is 5.73 Å². The Morgan fingerprint density at radius 2 is 1.06 bits per heavy atom. The number of nitrogens with zero attached hydrogens (tertiary/aromatic N) is 10. The van der Waals surface area contributed by atoms with Crippen LogP contribution in [-0.4, -0.2) is 105 Å². The average Bonchev–Trinajstić information content (AvgIpc) is 2.35. The lowest BCUT2D eigenvalue weighted by atomic mass is 10.1. The molecule has 23 nitrogen and oxygen atoms in total. The molecule has 8 rings (SSSR count). The molecule has 0 atom stereocenters. The Balaban J connectivity index is 0.000000235. The van der Waals surface area contributed by atoms with Crippen molar-refractivity contribution in [3.63, 3.8) is 0 Å². The van der Waals surface area contributed by atoms with Crippen molar-refractivity contribution in [3.8, 4) is 12.0 Å². The van der Waals surface area contributed by atoms with E-state index in [1.807, 2.05) is 109 Å². The van der Waals surface area contributed by atoms with Gasteiger partial charge in [0.05, 0.1) is 46.7 Å². The lowest BCUT2D eigenvalue weighted by Gasteiger charge is -2.19. The fourth-order valence-corrected chi connectivity index (χ4v) is 9.08. The number of rotatable bonds is 20. The van der Waals surface area contributed by atoms with E-state index in [2.05, 4.69) is 44.9 Å². The number of carbonyl (C=O) groups excluding carboxylic acids is 3. The summed E-state index contributed by atoms with van der Waals surface area (Å²) in [6.07, 6.45) is 5.49. The van der Waals surface area contributed by atoms with Gasteiger partial charge >= 0.3 is 30.1 Å². The Morgan fingerprint density at radius 3 is 1.47 bits per heavy atom. The zero-order valence-corrected chi connectivity index (χ0v) is 50.6. The number of aliphatic hydroxyl groups is 1. The molecule has 0 radical (unpaired) electrons. The first-order chi connectivity index (χ1) is 41.0. The number of hydrogen-bond donors (Lipinski definition) is 5. The number of ether oxygens (including phenoxy) is 5. The predicted octanol–water partition coefficient (Wildman–Crippen LogP) is 9.64. The van der Waals surface area contributed by atoms with Crippen molar-refractivity contribution in [3.05, 3.63) is 176 Å². The van der Waals surface area contributed by atoms with E-state index < -0.39 is 29.2 Å². The SMILES string of the molecule is NCc1ccc(COc2nccc(N)n2)cc1.[C-]#[N+]/C(=C\c1nc2ccc(N(C)CCO)cc2s1)C(=O)OC(C)(C)C.[C-]#[N+]/C(=C\c1nc2ccc(N(C)CCOC(=O)NCc3ccc(COc4nccc(N)n4)cc3)cc2s1)C(=O)OC(C)(C)C. The van der Waals surface area contributed by atoms with E-state index in [0.29, 0.717) is 54.4 Å². The summed E-state index contributed by atoms with van der Waals surface area (Å²) in [5, 5.41) is 12.9. The maximum Gasteiger partial charge on any atom is 0.407 e. The van der Waals surface area contributed by atoms with Gasteiger partial charge < -0.3 is 61.1 Å². The van der Waals surface area contributed by atoms with Crippen LogP contribution in [0.2, 0.25) is 0 Å². The summed E-state index contributed by atoms with van der Waals surface area (Å²) in [6, 6.07) is 30.7. The number of hydrogen-bond acceptors (Lipinski definition) is 22. The maximum atomic E-state index is 12.3. The van der Waals surface area contributed by atoms with Crippen LogP contribution >= 0.6 is 22.7 Å². The van der Waals surface area contributed by atoms with E-state index in [0.717, 1.165) is 54.1 Å². The number of benzene rings is 4. The van der Waals surface area contributed by atoms with Crippen LogP contribution < -0.4 is 41.8 Å². The molecule has 0 saturated heterocycles. The number of nitrogens with two attached hydrogens (primary N) is 3. The highest BCUT2D eigenvalue weighted by molar-refractivity contribution is 7.19. The van der Waals surface area contributed by atoms with E-state index in [1.54, 1.807) is 59.9 Å². The molecule has 4 aromatic heterocycles. The number of aromatic nitrogens is 6. The highest BCUT2D eigenvalue weighted by Crippen LogP contribution is 2.30. The second-order valence-corrected chi connectivity index (χ2v) is 22.8. The van der Waals surface area contributed by atoms with Crippen molar-refractivity contribution < 1.29 is 43.2 Å². The van der Waals surface area contributed by atoms with Gasteiger partial charge in [0, 0.05) is 57.5 Å². The second-order valence-electron chi connectivity index (χ2n) is 20.7. The number of thiazole rings is 2. The zero-order valence-electron chi connectivity index (χ0n) is 48.9. The number of fused-ring (bicyclic) bond motifs is 2. The van der Waals surface area contributed by atoms with Crippen LogP contribution in [0.15, 0.2) is 121 Å². The number of alkyl carbamates (subject to hydrolysis) is 1. The Hall–Kier alpha value is -9.79. The number of anilines is 4. The van der Waals surface area contributed by atoms with Crippen molar-refractivity contribution >= 4 is 96.3 Å². The van der Waals surface area contributed by atoms with Gasteiger partial charge in [-0.2, -0.15) is 9.97 Å². The molecule has 8 aromatic rings. The molecule has 0 unspecified atom stereocenters. The first kappa shape index (κ1) is 65.4. The lowest BCUT2D eigenvalue weighted by molar-refractivity contribution is -0.150. The van der Waals surface area contributed by atoms with Gasteiger partial charge in [0.1, 0.15) is 52.7 Å². The zero-order chi connectivity index (χ0) is 62.4. The van der Waals surface area contributed by atoms with Gasteiger partial charge in [-0.3, -0.25) is 9.59 Å². The fraction of sp³-hybridized carbons (Fsp3) is 0.295. The summed E-state index contributed by atoms with van der Waals surface area (Å²) < 4.78 is 28.7. The number of amides is 1. The molecule has 86 heavy (non-hydrogen) atoms. The third-order valence-corrected chi connectivity index (χ3v) is 13.4. The third-order valence-electron chi connectivity index (χ3n) is 11.5. The van der Waals surface area contributed by atoms with Crippen LogP contribution in [0.1, 0.15) is 73.8 Å². The molecule has 0 aliphatic rings. The third kappa shape index (κ3) is 21.4. The van der Waals surface area contributed by atoms with Crippen molar-refractivity contribution in [1.29, 1.82) is 0 Å². The van der Waals surface area contributed by atoms with Gasteiger partial charge in [0.25, 0.3) is 11.4 Å². The maximum absolute atomic E-state index is 12.3. The average molecular weight is 1210 g/mol. The Bertz CT molecular complexity index is 3730. The largest absolute Gasteiger partial charge is 0.465 e. The molecule has 4 heterocycles. The molecule has 25 heteroatoms. The highest BCUT2D eigenvalue weighted by Gasteiger charge is 2.22. The summed E-state index contributed by atoms with van der Waals surface area (Å²) >= 11 is 2.76. The van der Waals surface area contributed by atoms with Crippen LogP contribution in [0, 0.1) is 13.1 Å². The number of carbonyl (C=O) groups is 3. The minimum absolute atomic E-state index is 0.0788. The Morgan fingerprint density at radius 1 is 0.628 bits per heavy atom. The summed E-state index contributed by atoms with van der Waals surface area (Å²) in [5.74, 6) is -0.592. The lowest BCUT2D eigenvalue weighted by Crippen LogP contribution is -2.28. The molecule has 1 amide bonds. The molecule has 8 N–H and O–H groups in total. The molecule has 0 bridgehead atoms. The normalized spacial score (nSPS) is 11.4. The molecule has 0 aliphatic carbocycles. The summed E-state index contributed by atoms with van der Waals surface area (Å²) in [5.41, 5.74) is 22.5. The first-order valence-corrected chi connectivity index (χ1v) is 28.3. The van der Waals surface area contributed by atoms with E-state index in [4.69, 9.17) is 59.1 Å². The Labute approximate surface area is 506 Å². The van der Waals surface area contributed by atoms with Crippen LogP contribution in [0.25, 0.3) is 42.3 Å². The fourth-order valence-electron chi connectivity index (χ4n) is 7.21. The van der Waals surface area contributed by atoms with E-state index >= 15 is 0 Å². The van der Waals surface area contributed by atoms with Crippen LogP contribution in [-0.2, 0) is 50.1 Å². The van der Waals surface area contributed by atoms with Crippen LogP contribution in [0.5, 0.6) is 12.0 Å². The number of nitrogen functional groups attached to an aromatic ring is 2. The molecule has 0 saturated carbocycles. The second kappa shape index (κ2) is 31.2. The minimum Gasteiger partial charge on any atom is -0.465 e. The molecule has 4 aromatic carbocycles. The summed E-state index contributed by atoms with van der Waals surface area (Å²) in [7, 11) is 3.80. The number of aliphatic hydroxyl groups excluding tert-OH is 1. The molecule has 0 fully saturated rings. The van der Waals surface area contributed by atoms with Crippen molar-refractivity contribution in [2.75, 3.05) is 61.7 Å². The Kier molecular flexibility index (Phi) is 23.7. The monoisotopic (exact) mass is 1200 g/mol. The van der Waals surface area contributed by atoms with Gasteiger partial charge in [0.2, 0.25) is 0 Å². The predicted molar refractivity (Wildman–Crippen MR) is 334 cm³/mol. The minimum atomic E-state index is -0.697. The van der Waals surface area contributed by atoms with E-state index in [1.165, 1.54) is 41.0 Å². The smallest absolute Gasteiger partial charge is 0.407 e. The topological polar surface area (TPSA) is 300 Å². The molecule has 0 aliphatic heterocycles. The van der Waals surface area contributed by atoms with E-state index in [-0.39, 0.29) is 43.2 Å². The van der Waals surface area contributed by atoms with E-state index in [9.17, 15) is 14.4 Å². The summed E-state index contributed by atoms with van der Waals surface area (Å²) in [4.78, 5) is 72.0.